The van der Waals surface area contributed by atoms with Crippen LogP contribution in [0.25, 0.3) is 0 Å². The molecule has 2 fully saturated rings. The second-order valence-electron chi connectivity index (χ2n) is 6.47. The highest BCUT2D eigenvalue weighted by atomic mass is 16.5. The largest absolute Gasteiger partial charge is 0.495 e. The van der Waals surface area contributed by atoms with Gasteiger partial charge in [0, 0.05) is 26.1 Å². The fourth-order valence-corrected chi connectivity index (χ4v) is 3.49. The van der Waals surface area contributed by atoms with Crippen molar-refractivity contribution in [2.45, 2.75) is 32.6 Å². The Morgan fingerprint density at radius 3 is 2.65 bits per heavy atom. The Labute approximate surface area is 137 Å². The molecule has 0 unspecified atom stereocenters. The lowest BCUT2D eigenvalue weighted by atomic mass is 10.0. The molecule has 1 atom stereocenters. The van der Waals surface area contributed by atoms with Crippen molar-refractivity contribution in [2.75, 3.05) is 31.6 Å². The van der Waals surface area contributed by atoms with Gasteiger partial charge in [0.2, 0.25) is 11.8 Å². The van der Waals surface area contributed by atoms with E-state index < -0.39 is 0 Å². The molecular formula is C18H24N2O3. The Kier molecular flexibility index (Phi) is 4.55. The van der Waals surface area contributed by atoms with Crippen molar-refractivity contribution in [2.24, 2.45) is 5.92 Å². The number of methoxy groups -OCH3 is 1. The lowest BCUT2D eigenvalue weighted by Crippen LogP contribution is -2.40. The predicted molar refractivity (Wildman–Crippen MR) is 88.6 cm³/mol. The molecule has 2 heterocycles. The van der Waals surface area contributed by atoms with E-state index in [2.05, 4.69) is 0 Å². The lowest BCUT2D eigenvalue weighted by molar-refractivity contribution is -0.136. The zero-order valence-corrected chi connectivity index (χ0v) is 13.9. The van der Waals surface area contributed by atoms with Crippen LogP contribution in [0.5, 0.6) is 5.75 Å². The summed E-state index contributed by atoms with van der Waals surface area (Å²) in [6, 6.07) is 5.78. The normalized spacial score (nSPS) is 21.7. The van der Waals surface area contributed by atoms with Gasteiger partial charge in [-0.2, -0.15) is 0 Å². The second kappa shape index (κ2) is 6.60. The third kappa shape index (κ3) is 3.19. The van der Waals surface area contributed by atoms with Crippen molar-refractivity contribution in [1.29, 1.82) is 0 Å². The molecule has 2 amide bonds. The van der Waals surface area contributed by atoms with Gasteiger partial charge in [0.15, 0.2) is 0 Å². The quantitative estimate of drug-likeness (QED) is 0.860. The number of anilines is 1. The van der Waals surface area contributed by atoms with Gasteiger partial charge in [-0.25, -0.2) is 0 Å². The zero-order valence-electron chi connectivity index (χ0n) is 13.9. The first-order valence-corrected chi connectivity index (χ1v) is 8.34. The number of carbonyl (C=O) groups is 2. The Balaban J connectivity index is 1.77. The Bertz CT molecular complexity index is 608. The average Bonchev–Trinajstić information content (AvgIpc) is 2.96. The summed E-state index contributed by atoms with van der Waals surface area (Å²) in [5.41, 5.74) is 1.84. The van der Waals surface area contributed by atoms with E-state index in [0.717, 1.165) is 37.2 Å². The number of aryl methyl sites for hydroxylation is 1. The fourth-order valence-electron chi connectivity index (χ4n) is 3.49. The maximum absolute atomic E-state index is 12.7. The van der Waals surface area contributed by atoms with Gasteiger partial charge in [-0.3, -0.25) is 9.59 Å². The molecule has 124 valence electrons. The summed E-state index contributed by atoms with van der Waals surface area (Å²) < 4.78 is 5.38. The van der Waals surface area contributed by atoms with Crippen LogP contribution in [0.1, 0.15) is 31.2 Å². The van der Waals surface area contributed by atoms with Crippen LogP contribution in [0.15, 0.2) is 18.2 Å². The average molecular weight is 316 g/mol. The summed E-state index contributed by atoms with van der Waals surface area (Å²) in [6.07, 6.45) is 3.63. The smallest absolute Gasteiger partial charge is 0.228 e. The topological polar surface area (TPSA) is 49.9 Å². The molecular weight excluding hydrogens is 292 g/mol. The van der Waals surface area contributed by atoms with Crippen LogP contribution in [-0.2, 0) is 9.59 Å². The highest BCUT2D eigenvalue weighted by Crippen LogP contribution is 2.34. The van der Waals surface area contributed by atoms with Crippen molar-refractivity contribution in [3.05, 3.63) is 23.8 Å². The van der Waals surface area contributed by atoms with E-state index in [9.17, 15) is 9.59 Å². The van der Waals surface area contributed by atoms with Crippen LogP contribution in [0.4, 0.5) is 5.69 Å². The van der Waals surface area contributed by atoms with E-state index in [0.29, 0.717) is 18.7 Å². The highest BCUT2D eigenvalue weighted by molar-refractivity contribution is 6.01. The van der Waals surface area contributed by atoms with Crippen molar-refractivity contribution in [1.82, 2.24) is 4.90 Å². The van der Waals surface area contributed by atoms with Crippen molar-refractivity contribution < 1.29 is 14.3 Å². The number of hydrogen-bond acceptors (Lipinski definition) is 3. The summed E-state index contributed by atoms with van der Waals surface area (Å²) >= 11 is 0. The highest BCUT2D eigenvalue weighted by Gasteiger charge is 2.38. The Hall–Kier alpha value is -2.04. The van der Waals surface area contributed by atoms with Crippen molar-refractivity contribution >= 4 is 17.5 Å². The number of piperidine rings is 1. The van der Waals surface area contributed by atoms with E-state index in [4.69, 9.17) is 4.74 Å². The van der Waals surface area contributed by atoms with Gasteiger partial charge in [0.05, 0.1) is 18.7 Å². The molecule has 0 N–H and O–H groups in total. The van der Waals surface area contributed by atoms with Gasteiger partial charge in [0.1, 0.15) is 5.75 Å². The first kappa shape index (κ1) is 15.8. The monoisotopic (exact) mass is 316 g/mol. The van der Waals surface area contributed by atoms with Crippen LogP contribution in [0.2, 0.25) is 0 Å². The van der Waals surface area contributed by atoms with Gasteiger partial charge >= 0.3 is 0 Å². The maximum atomic E-state index is 12.7. The van der Waals surface area contributed by atoms with Crippen LogP contribution >= 0.6 is 0 Å². The molecule has 1 aromatic carbocycles. The molecule has 2 aliphatic rings. The van der Waals surface area contributed by atoms with Gasteiger partial charge in [0.25, 0.3) is 0 Å². The van der Waals surface area contributed by atoms with E-state index in [1.165, 1.54) is 6.42 Å². The Morgan fingerprint density at radius 2 is 1.96 bits per heavy atom. The van der Waals surface area contributed by atoms with Gasteiger partial charge in [-0.15, -0.1) is 0 Å². The Morgan fingerprint density at radius 1 is 1.22 bits per heavy atom. The molecule has 0 radical (unpaired) electrons. The molecule has 1 aromatic rings. The first-order chi connectivity index (χ1) is 11.1. The SMILES string of the molecule is COc1ccc(C)cc1N1C[C@@H](C(=O)N2CCCCC2)CC1=O. The van der Waals surface area contributed by atoms with Gasteiger partial charge < -0.3 is 14.5 Å². The molecule has 0 aromatic heterocycles. The van der Waals surface area contributed by atoms with E-state index >= 15 is 0 Å². The molecule has 2 aliphatic heterocycles. The number of benzene rings is 1. The number of hydrogen-bond donors (Lipinski definition) is 0. The van der Waals surface area contributed by atoms with Crippen LogP contribution in [0, 0.1) is 12.8 Å². The molecule has 5 heteroatoms. The zero-order chi connectivity index (χ0) is 16.4. The number of likely N-dealkylation sites (tertiary alicyclic amines) is 1. The molecule has 0 saturated carbocycles. The van der Waals surface area contributed by atoms with Crippen molar-refractivity contribution in [3.63, 3.8) is 0 Å². The third-order valence-electron chi connectivity index (χ3n) is 4.77. The maximum Gasteiger partial charge on any atom is 0.228 e. The minimum Gasteiger partial charge on any atom is -0.495 e. The minimum absolute atomic E-state index is 0.00394. The molecule has 0 aliphatic carbocycles. The summed E-state index contributed by atoms with van der Waals surface area (Å²) in [7, 11) is 1.60. The predicted octanol–water partition coefficient (Wildman–Crippen LogP) is 2.37. The van der Waals surface area contributed by atoms with Crippen LogP contribution in [-0.4, -0.2) is 43.5 Å². The fraction of sp³-hybridized carbons (Fsp3) is 0.556. The number of carbonyl (C=O) groups excluding carboxylic acids is 2. The molecule has 0 spiro atoms. The number of ether oxygens (including phenoxy) is 1. The number of amides is 2. The third-order valence-corrected chi connectivity index (χ3v) is 4.77. The lowest BCUT2D eigenvalue weighted by Gasteiger charge is -2.29. The van der Waals surface area contributed by atoms with E-state index in [-0.39, 0.29) is 17.7 Å². The molecule has 23 heavy (non-hydrogen) atoms. The molecule has 3 rings (SSSR count). The summed E-state index contributed by atoms with van der Waals surface area (Å²) in [5, 5.41) is 0. The molecule has 0 bridgehead atoms. The van der Waals surface area contributed by atoms with Crippen LogP contribution < -0.4 is 9.64 Å². The number of nitrogens with zero attached hydrogens (tertiary/aromatic N) is 2. The summed E-state index contributed by atoms with van der Waals surface area (Å²) in [4.78, 5) is 28.7. The van der Waals surface area contributed by atoms with Gasteiger partial charge in [-0.1, -0.05) is 6.07 Å². The molecule has 2 saturated heterocycles. The molecule has 5 nitrogen and oxygen atoms in total. The summed E-state index contributed by atoms with van der Waals surface area (Å²) in [5.74, 6) is 0.581. The number of rotatable bonds is 3. The first-order valence-electron chi connectivity index (χ1n) is 8.34. The second-order valence-corrected chi connectivity index (χ2v) is 6.47. The minimum atomic E-state index is -0.231. The van der Waals surface area contributed by atoms with Crippen molar-refractivity contribution in [3.8, 4) is 5.75 Å². The standard InChI is InChI=1S/C18H24N2O3/c1-13-6-7-16(23-2)15(10-13)20-12-14(11-17(20)21)18(22)19-8-4-3-5-9-19/h6-7,10,14H,3-5,8-9,11-12H2,1-2H3/t14-/m0/s1. The van der Waals surface area contributed by atoms with E-state index in [1.807, 2.05) is 30.0 Å². The van der Waals surface area contributed by atoms with Gasteiger partial charge in [-0.05, 0) is 43.9 Å². The van der Waals surface area contributed by atoms with Crippen LogP contribution in [0.3, 0.4) is 0 Å². The van der Waals surface area contributed by atoms with E-state index in [1.54, 1.807) is 12.0 Å². The summed E-state index contributed by atoms with van der Waals surface area (Å²) in [6.45, 7) is 4.10.